The molecule has 0 radical (unpaired) electrons. The van der Waals surface area contributed by atoms with Crippen LogP contribution >= 0.6 is 0 Å². The van der Waals surface area contributed by atoms with Crippen molar-refractivity contribution in [2.24, 2.45) is 10.2 Å². The maximum absolute atomic E-state index is 12.2. The summed E-state index contributed by atoms with van der Waals surface area (Å²) in [6.45, 7) is 10.2. The van der Waals surface area contributed by atoms with Gasteiger partial charge in [0.1, 0.15) is 0 Å². The number of carbonyl (C=O) groups excluding carboxylic acids is 1. The van der Waals surface area contributed by atoms with E-state index in [2.05, 4.69) is 48.1 Å². The van der Waals surface area contributed by atoms with Gasteiger partial charge in [-0.25, -0.2) is 4.79 Å². The topological polar surface area (TPSA) is 82.2 Å². The molecule has 0 saturated heterocycles. The Morgan fingerprint density at radius 3 is 2.50 bits per heavy atom. The van der Waals surface area contributed by atoms with E-state index in [1.54, 1.807) is 0 Å². The number of benzene rings is 1. The number of aromatic nitrogens is 1. The fourth-order valence-corrected chi connectivity index (χ4v) is 4.47. The van der Waals surface area contributed by atoms with Gasteiger partial charge in [0.25, 0.3) is 0 Å². The number of nitrogens with one attached hydrogen (secondary N) is 1. The lowest BCUT2D eigenvalue weighted by molar-refractivity contribution is 0.167. The van der Waals surface area contributed by atoms with Gasteiger partial charge in [-0.05, 0) is 46.6 Å². The third kappa shape index (κ3) is 5.19. The summed E-state index contributed by atoms with van der Waals surface area (Å²) in [5.41, 5.74) is 1.24. The van der Waals surface area contributed by atoms with Gasteiger partial charge in [-0.1, -0.05) is 42.6 Å². The number of hydrogen-bond donors (Lipinski definition) is 2. The summed E-state index contributed by atoms with van der Waals surface area (Å²) in [6.07, 6.45) is 5.49. The minimum atomic E-state index is -0.441. The standard InChI is InChI=1S/C23H35N5O2/c1-16(2)27(17(3)4)14-15-28-20-13-9-8-12-19(20)21(22(28)29)25-26-23(30)24-18-10-6-5-7-11-18/h8-9,12-13,16-18,29H,5-7,10-11,14-15H2,1-4H3,(H,24,30). The number of nitrogens with zero attached hydrogens (tertiary/aromatic N) is 4. The van der Waals surface area contributed by atoms with Crippen LogP contribution in [0.1, 0.15) is 59.8 Å². The van der Waals surface area contributed by atoms with Crippen molar-refractivity contribution in [2.75, 3.05) is 6.54 Å². The first kappa shape index (κ1) is 22.3. The third-order valence-corrected chi connectivity index (χ3v) is 6.00. The SMILES string of the molecule is CC(C)N(CCn1c(O)c(N=NC(=O)NC2CCCCC2)c2ccccc21)C(C)C. The van der Waals surface area contributed by atoms with Gasteiger partial charge in [0, 0.05) is 36.6 Å². The van der Waals surface area contributed by atoms with E-state index in [9.17, 15) is 9.90 Å². The van der Waals surface area contributed by atoms with E-state index >= 15 is 0 Å². The molecule has 1 aliphatic carbocycles. The third-order valence-electron chi connectivity index (χ3n) is 6.00. The second kappa shape index (κ2) is 10.1. The zero-order valence-electron chi connectivity index (χ0n) is 18.6. The van der Waals surface area contributed by atoms with Crippen LogP contribution in [0.15, 0.2) is 34.5 Å². The first-order chi connectivity index (χ1) is 14.4. The second-order valence-electron chi connectivity index (χ2n) is 8.75. The predicted octanol–water partition coefficient (Wildman–Crippen LogP) is 5.59. The summed E-state index contributed by atoms with van der Waals surface area (Å²) in [6, 6.07) is 8.28. The number of carbonyl (C=O) groups is 1. The van der Waals surface area contributed by atoms with Gasteiger partial charge in [0.2, 0.25) is 5.88 Å². The van der Waals surface area contributed by atoms with Crippen LogP contribution in [0.3, 0.4) is 0 Å². The predicted molar refractivity (Wildman–Crippen MR) is 121 cm³/mol. The van der Waals surface area contributed by atoms with Gasteiger partial charge in [-0.2, -0.15) is 0 Å². The van der Waals surface area contributed by atoms with Crippen LogP contribution in [0.5, 0.6) is 5.88 Å². The molecule has 1 fully saturated rings. The highest BCUT2D eigenvalue weighted by Gasteiger charge is 2.20. The Bertz CT molecular complexity index is 873. The monoisotopic (exact) mass is 413 g/mol. The van der Waals surface area contributed by atoms with Crippen LogP contribution < -0.4 is 5.32 Å². The number of fused-ring (bicyclic) bond motifs is 1. The van der Waals surface area contributed by atoms with Gasteiger partial charge < -0.3 is 15.0 Å². The molecule has 0 spiro atoms. The Hall–Kier alpha value is -2.41. The Kier molecular flexibility index (Phi) is 7.48. The van der Waals surface area contributed by atoms with Gasteiger partial charge in [-0.15, -0.1) is 5.11 Å². The van der Waals surface area contributed by atoms with Crippen molar-refractivity contribution in [1.82, 2.24) is 14.8 Å². The average Bonchev–Trinajstić information content (AvgIpc) is 2.98. The Labute approximate surface area is 179 Å². The molecule has 1 aliphatic rings. The van der Waals surface area contributed by atoms with Gasteiger partial charge >= 0.3 is 6.03 Å². The van der Waals surface area contributed by atoms with Crippen LogP contribution in [0.4, 0.5) is 10.5 Å². The van der Waals surface area contributed by atoms with E-state index in [4.69, 9.17) is 0 Å². The molecule has 30 heavy (non-hydrogen) atoms. The second-order valence-corrected chi connectivity index (χ2v) is 8.75. The van der Waals surface area contributed by atoms with Crippen molar-refractivity contribution in [3.8, 4) is 5.88 Å². The number of para-hydroxylation sites is 1. The first-order valence-corrected chi connectivity index (χ1v) is 11.2. The lowest BCUT2D eigenvalue weighted by atomic mass is 9.96. The van der Waals surface area contributed by atoms with E-state index in [1.165, 1.54) is 6.42 Å². The number of amides is 2. The number of azo groups is 1. The summed E-state index contributed by atoms with van der Waals surface area (Å²) < 4.78 is 1.86. The maximum Gasteiger partial charge on any atom is 0.359 e. The quantitative estimate of drug-likeness (QED) is 0.580. The smallest absolute Gasteiger partial charge is 0.359 e. The summed E-state index contributed by atoms with van der Waals surface area (Å²) >= 11 is 0. The summed E-state index contributed by atoms with van der Waals surface area (Å²) in [4.78, 5) is 14.6. The molecule has 3 rings (SSSR count). The molecule has 0 aliphatic heterocycles. The van der Waals surface area contributed by atoms with E-state index in [-0.39, 0.29) is 11.9 Å². The molecule has 1 saturated carbocycles. The fourth-order valence-electron chi connectivity index (χ4n) is 4.47. The molecule has 1 aromatic heterocycles. The highest BCUT2D eigenvalue weighted by atomic mass is 16.3. The fraction of sp³-hybridized carbons (Fsp3) is 0.609. The molecule has 0 atom stereocenters. The molecular formula is C23H35N5O2. The molecule has 2 aromatic rings. The van der Waals surface area contributed by atoms with Crippen LogP contribution in [-0.2, 0) is 6.54 Å². The molecular weight excluding hydrogens is 378 g/mol. The molecule has 7 heteroatoms. The van der Waals surface area contributed by atoms with Crippen LogP contribution in [0.2, 0.25) is 0 Å². The summed E-state index contributed by atoms with van der Waals surface area (Å²) in [5, 5.41) is 22.6. The van der Waals surface area contributed by atoms with E-state index in [0.29, 0.717) is 24.3 Å². The van der Waals surface area contributed by atoms with Crippen LogP contribution in [-0.4, -0.2) is 45.3 Å². The van der Waals surface area contributed by atoms with Crippen molar-refractivity contribution < 1.29 is 9.90 Å². The minimum Gasteiger partial charge on any atom is -0.493 e. The Balaban J connectivity index is 1.80. The van der Waals surface area contributed by atoms with Crippen LogP contribution in [0, 0.1) is 0 Å². The van der Waals surface area contributed by atoms with Crippen molar-refractivity contribution in [3.63, 3.8) is 0 Å². The molecule has 164 valence electrons. The minimum absolute atomic E-state index is 0.0536. The highest BCUT2D eigenvalue weighted by molar-refractivity contribution is 5.95. The van der Waals surface area contributed by atoms with Crippen LogP contribution in [0.25, 0.3) is 10.9 Å². The number of rotatable bonds is 7. The molecule has 1 aromatic carbocycles. The normalized spacial score (nSPS) is 15.8. The first-order valence-electron chi connectivity index (χ1n) is 11.2. The number of hydrogen-bond acceptors (Lipinski definition) is 4. The molecule has 0 bridgehead atoms. The maximum atomic E-state index is 12.2. The molecule has 2 amide bonds. The molecule has 2 N–H and O–H groups in total. The van der Waals surface area contributed by atoms with E-state index in [0.717, 1.165) is 43.1 Å². The zero-order chi connectivity index (χ0) is 21.7. The summed E-state index contributed by atoms with van der Waals surface area (Å²) in [5.74, 6) is 0.0536. The number of aromatic hydroxyl groups is 1. The average molecular weight is 414 g/mol. The Morgan fingerprint density at radius 1 is 1.17 bits per heavy atom. The zero-order valence-corrected chi connectivity index (χ0v) is 18.6. The van der Waals surface area contributed by atoms with Gasteiger partial charge in [0.05, 0.1) is 5.52 Å². The summed E-state index contributed by atoms with van der Waals surface area (Å²) in [7, 11) is 0. The molecule has 1 heterocycles. The van der Waals surface area contributed by atoms with E-state index < -0.39 is 6.03 Å². The largest absolute Gasteiger partial charge is 0.493 e. The van der Waals surface area contributed by atoms with Gasteiger partial charge in [-0.3, -0.25) is 4.90 Å². The lowest BCUT2D eigenvalue weighted by Gasteiger charge is -2.30. The van der Waals surface area contributed by atoms with Crippen molar-refractivity contribution >= 4 is 22.6 Å². The molecule has 0 unspecified atom stereocenters. The van der Waals surface area contributed by atoms with Crippen molar-refractivity contribution in [3.05, 3.63) is 24.3 Å². The van der Waals surface area contributed by atoms with E-state index in [1.807, 2.05) is 28.8 Å². The Morgan fingerprint density at radius 2 is 1.83 bits per heavy atom. The molecule has 7 nitrogen and oxygen atoms in total. The number of urea groups is 1. The highest BCUT2D eigenvalue weighted by Crippen LogP contribution is 2.38. The van der Waals surface area contributed by atoms with Crippen molar-refractivity contribution in [1.29, 1.82) is 0 Å². The van der Waals surface area contributed by atoms with Gasteiger partial charge in [0.15, 0.2) is 5.69 Å². The lowest BCUT2D eigenvalue weighted by Crippen LogP contribution is -2.39. The van der Waals surface area contributed by atoms with Crippen molar-refractivity contribution in [2.45, 2.75) is 84.5 Å².